The first-order valence-electron chi connectivity index (χ1n) is 6.32. The van der Waals surface area contributed by atoms with Crippen LogP contribution in [0.3, 0.4) is 0 Å². The van der Waals surface area contributed by atoms with E-state index in [1.165, 1.54) is 10.9 Å². The van der Waals surface area contributed by atoms with Crippen LogP contribution in [0.1, 0.15) is 6.23 Å². The number of rotatable bonds is 4. The van der Waals surface area contributed by atoms with Crippen molar-refractivity contribution >= 4 is 46.3 Å². The molecule has 1 fully saturated rings. The first-order valence-corrected chi connectivity index (χ1v) is 7.78. The number of aliphatic hydroxyl groups excluding tert-OH is 2. The van der Waals surface area contributed by atoms with Crippen LogP contribution < -0.4 is 9.79 Å². The van der Waals surface area contributed by atoms with Crippen LogP contribution in [0.5, 0.6) is 5.88 Å². The summed E-state index contributed by atoms with van der Waals surface area (Å²) in [4.78, 5) is 32.3. The molecule has 12 nitrogen and oxygen atoms in total. The zero-order valence-corrected chi connectivity index (χ0v) is 16.6. The second-order valence-electron chi connectivity index (χ2n) is 4.81. The number of hydrogen-bond acceptors (Lipinski definition) is 11. The quantitative estimate of drug-likeness (QED) is 0.253. The number of hydrogen-bond donors (Lipinski definition) is 3. The van der Waals surface area contributed by atoms with Crippen molar-refractivity contribution in [1.29, 1.82) is 0 Å². The molecule has 0 spiro atoms. The maximum atomic E-state index is 10.5. The van der Waals surface area contributed by atoms with Gasteiger partial charge in [-0.2, -0.15) is 4.98 Å². The van der Waals surface area contributed by atoms with Gasteiger partial charge in [0.1, 0.15) is 24.6 Å². The third kappa shape index (κ3) is 3.75. The van der Waals surface area contributed by atoms with E-state index in [9.17, 15) is 29.7 Å². The molecule has 4 atom stereocenters. The standard InChI is InChI=1S/C10H13N4O8P.Pb/c15-6-4(1-21-23(18,19)20)22-10(7(6)16)14-3-13-5-8(14)11-2-12-9(5)17;/h2-4,6-7,10,15-16H,1H2,(H,11,12,17)(H2,18,19,20);/q;+2/p-2/t4-,6-,7-,10-;/m1./s1. The predicted octanol–water partition coefficient (Wildman–Crippen LogP) is -3.38. The minimum atomic E-state index is -5.24. The van der Waals surface area contributed by atoms with E-state index in [2.05, 4.69) is 19.5 Å². The summed E-state index contributed by atoms with van der Waals surface area (Å²) in [5.41, 5.74) is 0.190. The molecular formula is C10H11N4O8PPb. The van der Waals surface area contributed by atoms with Gasteiger partial charge in [0, 0.05) is 0 Å². The number of ether oxygens (including phenoxy) is 1. The fourth-order valence-electron chi connectivity index (χ4n) is 2.29. The van der Waals surface area contributed by atoms with Crippen LogP contribution in [0.25, 0.3) is 11.2 Å². The Balaban J connectivity index is 0.00000208. The zero-order chi connectivity index (χ0) is 16.8. The predicted molar refractivity (Wildman–Crippen MR) is 72.2 cm³/mol. The first kappa shape index (κ1) is 19.6. The molecule has 3 rings (SSSR count). The van der Waals surface area contributed by atoms with E-state index in [1.807, 2.05) is 0 Å². The van der Waals surface area contributed by atoms with Crippen LogP contribution in [0.2, 0.25) is 0 Å². The molecule has 0 bridgehead atoms. The Morgan fingerprint density at radius 2 is 2.00 bits per heavy atom. The van der Waals surface area contributed by atoms with Crippen molar-refractivity contribution in [3.8, 4) is 5.88 Å². The number of aromatic hydroxyl groups is 1. The topological polar surface area (TPSA) is 186 Å². The first-order chi connectivity index (χ1) is 10.8. The van der Waals surface area contributed by atoms with E-state index in [1.54, 1.807) is 0 Å². The molecule has 1 aliphatic rings. The van der Waals surface area contributed by atoms with Crippen molar-refractivity contribution in [2.45, 2.75) is 24.5 Å². The van der Waals surface area contributed by atoms with Crippen LogP contribution in [0, 0.1) is 0 Å². The molecule has 0 aromatic carbocycles. The molecule has 0 amide bonds. The van der Waals surface area contributed by atoms with Crippen LogP contribution in [-0.2, 0) is 13.8 Å². The molecule has 3 N–H and O–H groups in total. The molecule has 128 valence electrons. The Kier molecular flexibility index (Phi) is 5.92. The van der Waals surface area contributed by atoms with Crippen LogP contribution in [-0.4, -0.2) is 87.1 Å². The summed E-state index contributed by atoms with van der Waals surface area (Å²) in [6.07, 6.45) is -3.11. The van der Waals surface area contributed by atoms with Gasteiger partial charge >= 0.3 is 27.3 Å². The smallest absolute Gasteiger partial charge is 0.790 e. The molecule has 2 aromatic heterocycles. The summed E-state index contributed by atoms with van der Waals surface area (Å²) >= 11 is 0. The summed E-state index contributed by atoms with van der Waals surface area (Å²) < 4.78 is 21.1. The molecule has 1 aliphatic heterocycles. The number of phosphoric acid groups is 1. The average Bonchev–Trinajstić information content (AvgIpc) is 3.01. The Hall–Kier alpha value is -0.738. The number of nitrogens with zero attached hydrogens (tertiary/aromatic N) is 4. The van der Waals surface area contributed by atoms with Gasteiger partial charge in [0.05, 0.1) is 20.8 Å². The van der Waals surface area contributed by atoms with E-state index >= 15 is 0 Å². The molecule has 0 aliphatic carbocycles. The summed E-state index contributed by atoms with van der Waals surface area (Å²) in [6, 6.07) is 0. The van der Waals surface area contributed by atoms with Crippen LogP contribution in [0.15, 0.2) is 12.7 Å². The molecule has 24 heavy (non-hydrogen) atoms. The molecule has 0 unspecified atom stereocenters. The fraction of sp³-hybridized carbons (Fsp3) is 0.500. The van der Waals surface area contributed by atoms with Crippen LogP contribution >= 0.6 is 7.82 Å². The molecule has 2 radical (unpaired) electrons. The van der Waals surface area contributed by atoms with Crippen molar-refractivity contribution in [2.24, 2.45) is 0 Å². The van der Waals surface area contributed by atoms with E-state index in [4.69, 9.17) is 4.74 Å². The van der Waals surface area contributed by atoms with Gasteiger partial charge in [0.2, 0.25) is 5.88 Å². The maximum Gasteiger partial charge on any atom is 2.00 e. The van der Waals surface area contributed by atoms with Gasteiger partial charge in [-0.1, -0.05) is 0 Å². The largest absolute Gasteiger partial charge is 2.00 e. The van der Waals surface area contributed by atoms with Crippen molar-refractivity contribution in [1.82, 2.24) is 19.5 Å². The Morgan fingerprint density at radius 3 is 2.67 bits per heavy atom. The summed E-state index contributed by atoms with van der Waals surface area (Å²) in [5, 5.41) is 29.5. The van der Waals surface area contributed by atoms with Gasteiger partial charge in [-0.05, 0) is 0 Å². The Morgan fingerprint density at radius 1 is 1.29 bits per heavy atom. The molecule has 1 saturated heterocycles. The fourth-order valence-corrected chi connectivity index (χ4v) is 2.62. The second-order valence-corrected chi connectivity index (χ2v) is 5.96. The normalized spacial score (nSPS) is 27.3. The van der Waals surface area contributed by atoms with Gasteiger partial charge < -0.3 is 38.9 Å². The van der Waals surface area contributed by atoms with Crippen LogP contribution in [0.4, 0.5) is 0 Å². The third-order valence-corrected chi connectivity index (χ3v) is 3.81. The van der Waals surface area contributed by atoms with E-state index < -0.39 is 39.0 Å². The number of aliphatic hydroxyl groups is 2. The number of fused-ring (bicyclic) bond motifs is 1. The summed E-state index contributed by atoms with van der Waals surface area (Å²) in [5.74, 6) is -0.375. The Bertz CT molecular complexity index is 768. The second kappa shape index (κ2) is 7.25. The van der Waals surface area contributed by atoms with Gasteiger partial charge in [-0.3, -0.25) is 4.57 Å². The molecule has 14 heteroatoms. The van der Waals surface area contributed by atoms with Crippen molar-refractivity contribution in [3.63, 3.8) is 0 Å². The number of aromatic nitrogens is 4. The molecular weight excluding hydrogens is 542 g/mol. The summed E-state index contributed by atoms with van der Waals surface area (Å²) in [7, 11) is -5.24. The molecule has 3 heterocycles. The van der Waals surface area contributed by atoms with Crippen molar-refractivity contribution in [2.75, 3.05) is 6.61 Å². The monoisotopic (exact) mass is 554 g/mol. The van der Waals surface area contributed by atoms with E-state index in [0.717, 1.165) is 6.33 Å². The molecule has 2 aromatic rings. The minimum Gasteiger partial charge on any atom is -0.790 e. The van der Waals surface area contributed by atoms with Gasteiger partial charge in [0.25, 0.3) is 0 Å². The maximum absolute atomic E-state index is 10.5. The third-order valence-electron chi connectivity index (χ3n) is 3.35. The van der Waals surface area contributed by atoms with Crippen molar-refractivity contribution < 1.29 is 38.9 Å². The van der Waals surface area contributed by atoms with E-state index in [0.29, 0.717) is 0 Å². The van der Waals surface area contributed by atoms with Gasteiger partial charge in [-0.15, -0.1) is 0 Å². The van der Waals surface area contributed by atoms with E-state index in [-0.39, 0.29) is 44.3 Å². The van der Waals surface area contributed by atoms with Gasteiger partial charge in [-0.25, -0.2) is 9.97 Å². The van der Waals surface area contributed by atoms with Crippen molar-refractivity contribution in [3.05, 3.63) is 12.7 Å². The number of imidazole rings is 1. The Labute approximate surface area is 154 Å². The minimum absolute atomic E-state index is 0. The average molecular weight is 553 g/mol. The number of phosphoric ester groups is 1. The molecule has 0 saturated carbocycles. The summed E-state index contributed by atoms with van der Waals surface area (Å²) in [6.45, 7) is -0.744. The SMILES string of the molecule is O=P([O-])([O-])OC[C@H]1O[C@@H](n2cnc3c(O)ncnc32)[C@H](O)[C@@H]1O.[Pb+2]. The zero-order valence-electron chi connectivity index (χ0n) is 11.8. The van der Waals surface area contributed by atoms with Gasteiger partial charge in [0.15, 0.2) is 17.4 Å².